The summed E-state index contributed by atoms with van der Waals surface area (Å²) in [5, 5.41) is 57.0. The molecule has 760 valence electrons. The first-order valence-electron chi connectivity index (χ1n) is 46.2. The number of likely N-dealkylation sites (N-methyl/N-ethyl adjacent to an activating group) is 2. The highest BCUT2D eigenvalue weighted by Gasteiger charge is 2.60. The van der Waals surface area contributed by atoms with E-state index in [0.717, 1.165) is 13.2 Å². The number of oxime groups is 2. The minimum absolute atomic E-state index is 0.0160. The third kappa shape index (κ3) is 29.8. The normalized spacial score (nSPS) is 42.5. The second kappa shape index (κ2) is 49.1. The van der Waals surface area contributed by atoms with E-state index in [2.05, 4.69) is 10.3 Å². The van der Waals surface area contributed by atoms with Gasteiger partial charge in [0.05, 0.1) is 134 Å². The van der Waals surface area contributed by atoms with Gasteiger partial charge in [-0.2, -0.15) is 8.42 Å². The zero-order chi connectivity index (χ0) is 99.7. The van der Waals surface area contributed by atoms with Gasteiger partial charge in [-0.15, -0.1) is 0 Å². The van der Waals surface area contributed by atoms with Crippen molar-refractivity contribution in [3.05, 3.63) is 24.3 Å². The fourth-order valence-electron chi connectivity index (χ4n) is 20.0. The molecule has 0 amide bonds. The molecular formula is C93H158N4O34S. The number of nitrogens with zero attached hydrogens (tertiary/aromatic N) is 4. The molecule has 7 aliphatic rings. The van der Waals surface area contributed by atoms with E-state index in [4.69, 9.17) is 99.1 Å². The number of rotatable bonds is 25. The third-order valence-electron chi connectivity index (χ3n) is 27.1. The molecule has 39 heteroatoms. The predicted molar refractivity (Wildman–Crippen MR) is 480 cm³/mol. The summed E-state index contributed by atoms with van der Waals surface area (Å²) in [4.78, 5) is 107. The molecule has 36 atom stereocenters. The number of hydrogen-bond acceptors (Lipinski definition) is 38. The highest BCUT2D eigenvalue weighted by atomic mass is 32.2. The lowest BCUT2D eigenvalue weighted by Crippen LogP contribution is -2.62. The number of hydrogen-bond donors (Lipinski definition) is 4. The van der Waals surface area contributed by atoms with Gasteiger partial charge in [0, 0.05) is 97.2 Å². The minimum Gasteiger partial charge on any atom is -0.459 e. The van der Waals surface area contributed by atoms with Crippen molar-refractivity contribution in [3.63, 3.8) is 0 Å². The average molecular weight is 1910 g/mol. The number of carbonyl (C=O) groups excluding carboxylic acids is 7. The van der Waals surface area contributed by atoms with E-state index in [9.17, 15) is 62.4 Å². The van der Waals surface area contributed by atoms with Crippen LogP contribution in [0.3, 0.4) is 0 Å². The maximum Gasteiger partial charge on any atom is 0.331 e. The van der Waals surface area contributed by atoms with Gasteiger partial charge in [0.1, 0.15) is 41.2 Å². The molecule has 7 aliphatic heterocycles. The predicted octanol–water partition coefficient (Wildman–Crippen LogP) is 8.16. The van der Waals surface area contributed by atoms with Crippen LogP contribution in [0.5, 0.6) is 0 Å². The molecule has 2 bridgehead atoms. The summed E-state index contributed by atoms with van der Waals surface area (Å²) in [7, 11) is 6.73. The number of ether oxygens (including phenoxy) is 18. The summed E-state index contributed by atoms with van der Waals surface area (Å²) >= 11 is 0. The second-order valence-corrected chi connectivity index (χ2v) is 40.5. The summed E-state index contributed by atoms with van der Waals surface area (Å²) in [6.45, 7) is 40.9. The van der Waals surface area contributed by atoms with E-state index in [1.54, 1.807) is 95.2 Å². The van der Waals surface area contributed by atoms with Gasteiger partial charge in [-0.1, -0.05) is 83.9 Å². The highest BCUT2D eigenvalue weighted by molar-refractivity contribution is 7.86. The first-order chi connectivity index (χ1) is 61.2. The SMILES string of the molecule is CC[C@H]1OC(=O)[C@H](C)[C@@H](OC2C[C@@](C)(OC)[C@@H](OC(C)=O)[C@H](C)O2)[C@H](C)[C@@H](O[C@@H]2O[C@H](C)C[C@H](N(C)C)[C@H]2OC(C)=O)[C@@]2(C)C[C@@H](C)/C(=N\OC/C=C/CO2)[C@H](C)[C@@H](O)[C@]1(C)O.CC[C@H]1OC(=O)[C@H](C)[C@@H](OC2C[C@@](C)(OC)[C@@H](OC(C)=O)[C@H](C)O2)[C@H](C)[C@@H](O[C@@H]2O[C@H](C)C[C@H](N(C)C)[C@H]2OC(C)=O)[C@](C)(OC/C=C/COS(C)(=O)=O)C[C@@H](C)C(=NOC(C)=O)[C@H](C)[C@@H](O)[C@]1(C)O. The fourth-order valence-corrected chi connectivity index (χ4v) is 20.3. The van der Waals surface area contributed by atoms with Crippen LogP contribution in [0.4, 0.5) is 0 Å². The van der Waals surface area contributed by atoms with Crippen molar-refractivity contribution in [2.24, 2.45) is 57.7 Å². The van der Waals surface area contributed by atoms with Crippen LogP contribution in [0.1, 0.15) is 224 Å². The number of esters is 6. The quantitative estimate of drug-likeness (QED) is 0.0167. The van der Waals surface area contributed by atoms with Crippen LogP contribution in [-0.4, -0.2) is 335 Å². The molecular weight excluding hydrogens is 1750 g/mol. The Balaban J connectivity index is 0.000000409. The highest BCUT2D eigenvalue weighted by Crippen LogP contribution is 2.47. The molecule has 6 fully saturated rings. The van der Waals surface area contributed by atoms with E-state index in [0.29, 0.717) is 18.6 Å². The van der Waals surface area contributed by atoms with Crippen molar-refractivity contribution in [1.82, 2.24) is 9.80 Å². The monoisotopic (exact) mass is 1910 g/mol. The Labute approximate surface area is 781 Å². The molecule has 0 aliphatic carbocycles. The Bertz CT molecular complexity index is 4000. The fraction of sp³-hybridized carbons (Fsp3) is 0.860. The van der Waals surface area contributed by atoms with Gasteiger partial charge in [-0.25, -0.2) is 4.79 Å². The molecule has 38 nitrogen and oxygen atoms in total. The van der Waals surface area contributed by atoms with Gasteiger partial charge in [0.2, 0.25) is 0 Å². The van der Waals surface area contributed by atoms with Gasteiger partial charge in [0.15, 0.2) is 49.6 Å². The standard InChI is InChI=1S/C48H82N2O19S.C45H76N2O15/c1-18-36-48(13,56)41(54)28(4)38(49-69-34(10)53)26(2)24-47(12,60-21-19-20-22-61-70(17,57)58)42(68-45-40(64-32(8)51)35(50(14)15)23-27(3)62-45)29(5)39(30(6)44(55)66-36)67-37-25-46(11,59-16)43(31(7)63-37)65-33(9)52;1-16-33-45(12,52)38(50)26(4)35-24(2)22-44(11,54-19-17-18-20-55-46-35)39(62-42-37(58-30(8)48)32(47(13)14)21-25(3)56-42)27(5)36(28(6)41(51)60-33)61-34-23-43(10,53-15)40(29(7)57-34)59-31(9)49/h19-20,26-31,35-37,39-43,45,54,56H,18,21-25H2,1-17H3;17-18,24-29,32-34,36-40,42,50,52H,16,19-23H2,1-15H3/b20-19+,49-38?;18-17+,46-35+/t26-,27-,28+,29+,30-,31+,35+,36-,37?,39+,40-,41-,42-,43+,45+,46-,47-,48-;24-,25-,26+,27+,28-,29+,32+,33-,34?,36+,37-,38-,39-,40+,42+,43-,44-,45-/m11/s1. The van der Waals surface area contributed by atoms with E-state index < -0.39 is 256 Å². The Morgan fingerprint density at radius 2 is 0.939 bits per heavy atom. The summed E-state index contributed by atoms with van der Waals surface area (Å²) in [6, 6.07) is -0.676. The summed E-state index contributed by atoms with van der Waals surface area (Å²) in [5.74, 6) is -11.3. The van der Waals surface area contributed by atoms with Gasteiger partial charge < -0.3 is 125 Å². The smallest absolute Gasteiger partial charge is 0.331 e. The number of carbonyl (C=O) groups is 7. The number of cyclic esters (lactones) is 2. The molecule has 4 N–H and O–H groups in total. The average Bonchev–Trinajstić information content (AvgIpc) is 0.807. The lowest BCUT2D eigenvalue weighted by atomic mass is 9.73. The minimum atomic E-state index is -3.78. The van der Waals surface area contributed by atoms with Crippen molar-refractivity contribution < 1.29 is 162 Å². The Hall–Kier alpha value is -5.90. The number of methoxy groups -OCH3 is 2. The molecule has 0 spiro atoms. The molecule has 2 unspecified atom stereocenters. The van der Waals surface area contributed by atoms with Crippen LogP contribution in [0.2, 0.25) is 0 Å². The van der Waals surface area contributed by atoms with E-state index in [1.165, 1.54) is 61.8 Å². The molecule has 7 heterocycles. The molecule has 0 radical (unpaired) electrons. The molecule has 0 aromatic rings. The van der Waals surface area contributed by atoms with Crippen molar-refractivity contribution in [3.8, 4) is 0 Å². The zero-order valence-corrected chi connectivity index (χ0v) is 84.7. The molecule has 0 saturated carbocycles. The lowest BCUT2D eigenvalue weighted by molar-refractivity contribution is -0.321. The number of fused-ring (bicyclic) bond motifs is 3. The molecule has 0 aromatic carbocycles. The summed E-state index contributed by atoms with van der Waals surface area (Å²) < 4.78 is 144. The summed E-state index contributed by atoms with van der Waals surface area (Å²) in [6.07, 6.45) is -11.0. The molecule has 132 heavy (non-hydrogen) atoms. The third-order valence-corrected chi connectivity index (χ3v) is 27.6. The van der Waals surface area contributed by atoms with E-state index >= 15 is 0 Å². The van der Waals surface area contributed by atoms with Crippen molar-refractivity contribution in [2.75, 3.05) is 75.1 Å². The maximum absolute atomic E-state index is 14.8. The van der Waals surface area contributed by atoms with Crippen LogP contribution in [0, 0.1) is 47.3 Å². The van der Waals surface area contributed by atoms with Crippen LogP contribution < -0.4 is 0 Å². The van der Waals surface area contributed by atoms with Crippen molar-refractivity contribution in [1.29, 1.82) is 0 Å². The van der Waals surface area contributed by atoms with Gasteiger partial charge in [0.25, 0.3) is 10.1 Å². The maximum atomic E-state index is 14.8. The lowest BCUT2D eigenvalue weighted by Gasteiger charge is -2.50. The number of aliphatic hydroxyl groups is 4. The van der Waals surface area contributed by atoms with Crippen LogP contribution in [0.15, 0.2) is 34.6 Å². The molecule has 7 rings (SSSR count). The molecule has 6 saturated heterocycles. The van der Waals surface area contributed by atoms with Crippen LogP contribution in [-0.2, 0) is 143 Å². The largest absolute Gasteiger partial charge is 0.459 e. The molecule has 0 aromatic heterocycles. The summed E-state index contributed by atoms with van der Waals surface area (Å²) in [5.41, 5.74) is -8.41. The van der Waals surface area contributed by atoms with E-state index in [1.807, 2.05) is 85.6 Å². The first-order valence-corrected chi connectivity index (χ1v) is 48.0. The van der Waals surface area contributed by atoms with E-state index in [-0.39, 0.29) is 82.8 Å². The number of aliphatic hydroxyl groups excluding tert-OH is 2. The van der Waals surface area contributed by atoms with Crippen molar-refractivity contribution >= 4 is 63.3 Å². The second-order valence-electron chi connectivity index (χ2n) is 38.9. The van der Waals surface area contributed by atoms with Gasteiger partial charge in [-0.3, -0.25) is 33.0 Å². The zero-order valence-electron chi connectivity index (χ0n) is 83.8. The van der Waals surface area contributed by atoms with Crippen molar-refractivity contribution in [2.45, 2.75) is 393 Å². The van der Waals surface area contributed by atoms with Gasteiger partial charge >= 0.3 is 41.8 Å². The van der Waals surface area contributed by atoms with Gasteiger partial charge in [-0.05, 0) is 156 Å². The van der Waals surface area contributed by atoms with Crippen LogP contribution >= 0.6 is 0 Å². The Morgan fingerprint density at radius 1 is 0.523 bits per heavy atom. The van der Waals surface area contributed by atoms with Crippen LogP contribution in [0.25, 0.3) is 0 Å². The topological polar surface area (TPSA) is 460 Å². The Kier molecular flexibility index (Phi) is 42.7. The Morgan fingerprint density at radius 3 is 1.35 bits per heavy atom. The first kappa shape index (κ1) is 115.